The lowest BCUT2D eigenvalue weighted by Crippen LogP contribution is -1.84. The third-order valence-electron chi connectivity index (χ3n) is 0.521. The molecule has 0 fully saturated rings. The second kappa shape index (κ2) is 10.8. The normalized spacial score (nSPS) is 9.00. The van der Waals surface area contributed by atoms with Crippen LogP contribution in [0.25, 0.3) is 0 Å². The number of nitrogens with zero attached hydrogens (tertiary/aromatic N) is 1. The molecule has 0 rings (SSSR count). The summed E-state index contributed by atoms with van der Waals surface area (Å²) in [7, 11) is 0. The molecule has 0 saturated heterocycles. The molecule has 0 aromatic carbocycles. The fraction of sp³-hybridized carbons (Fsp3) is 0. The molecule has 0 aliphatic rings. The zero-order chi connectivity index (χ0) is 10.7. The van der Waals surface area contributed by atoms with Crippen LogP contribution >= 0.6 is 23.2 Å². The second-order valence-electron chi connectivity index (χ2n) is 1.52. The van der Waals surface area contributed by atoms with Gasteiger partial charge in [-0.1, -0.05) is 41.9 Å². The molecule has 0 aliphatic heterocycles. The summed E-state index contributed by atoms with van der Waals surface area (Å²) < 4.78 is 0.111. The summed E-state index contributed by atoms with van der Waals surface area (Å²) in [6.45, 7) is 3.09. The monoisotopic (exact) mass is 219 g/mol. The van der Waals surface area contributed by atoms with Crippen molar-refractivity contribution in [2.24, 2.45) is 0 Å². The van der Waals surface area contributed by atoms with Crippen LogP contribution in [0.15, 0.2) is 35.4 Å². The van der Waals surface area contributed by atoms with Crippen LogP contribution < -0.4 is 0 Å². The van der Waals surface area contributed by atoms with Gasteiger partial charge in [-0.3, -0.25) is 0 Å². The molecule has 5 heteroatoms. The fourth-order valence-electron chi connectivity index (χ4n) is 0.236. The van der Waals surface area contributed by atoms with Crippen LogP contribution in [0.5, 0.6) is 0 Å². The fourth-order valence-corrected chi connectivity index (χ4v) is 0.236. The molecule has 0 atom stereocenters. The predicted octanol–water partition coefficient (Wildman–Crippen LogP) is 2.64. The summed E-state index contributed by atoms with van der Waals surface area (Å²) in [5.41, 5.74) is 0. The maximum Gasteiger partial charge on any atom is 0.328 e. The highest BCUT2D eigenvalue weighted by molar-refractivity contribution is 6.55. The minimum atomic E-state index is -1.02. The molecule has 0 saturated carbocycles. The predicted molar refractivity (Wildman–Crippen MR) is 52.4 cm³/mol. The van der Waals surface area contributed by atoms with Crippen molar-refractivity contribution in [2.45, 2.75) is 0 Å². The number of carboxylic acid groups (broad SMARTS) is 1. The molecule has 0 aromatic heterocycles. The van der Waals surface area contributed by atoms with Crippen LogP contribution in [0.2, 0.25) is 0 Å². The Labute approximate surface area is 86.2 Å². The SMILES string of the molecule is C=C(Cl)Cl.N#CC=CC=CC(=O)O. The van der Waals surface area contributed by atoms with E-state index in [0.717, 1.165) is 6.08 Å². The average Bonchev–Trinajstić information content (AvgIpc) is 1.97. The lowest BCUT2D eigenvalue weighted by molar-refractivity contribution is -0.131. The molecule has 0 spiro atoms. The first kappa shape index (κ1) is 14.3. The number of hydrogen-bond acceptors (Lipinski definition) is 2. The zero-order valence-electron chi connectivity index (χ0n) is 6.58. The van der Waals surface area contributed by atoms with Gasteiger partial charge < -0.3 is 5.11 Å². The second-order valence-corrected chi connectivity index (χ2v) is 2.63. The number of carbonyl (C=O) groups is 1. The quantitative estimate of drug-likeness (QED) is 0.442. The molecule has 0 unspecified atom stereocenters. The molecule has 1 N–H and O–H groups in total. The largest absolute Gasteiger partial charge is 0.478 e. The highest BCUT2D eigenvalue weighted by atomic mass is 35.5. The number of hydrogen-bond donors (Lipinski definition) is 1. The molecule has 13 heavy (non-hydrogen) atoms. The van der Waals surface area contributed by atoms with Gasteiger partial charge in [0.1, 0.15) is 0 Å². The van der Waals surface area contributed by atoms with Crippen molar-refractivity contribution in [3.05, 3.63) is 35.4 Å². The van der Waals surface area contributed by atoms with Gasteiger partial charge in [-0.2, -0.15) is 5.26 Å². The van der Waals surface area contributed by atoms with E-state index in [0.29, 0.717) is 0 Å². The van der Waals surface area contributed by atoms with Crippen LogP contribution in [0.3, 0.4) is 0 Å². The number of halogens is 2. The number of rotatable bonds is 2. The molecule has 0 aliphatic carbocycles. The van der Waals surface area contributed by atoms with E-state index >= 15 is 0 Å². The van der Waals surface area contributed by atoms with Gasteiger partial charge >= 0.3 is 5.97 Å². The summed E-state index contributed by atoms with van der Waals surface area (Å²) in [6, 6.07) is 1.72. The third-order valence-corrected chi connectivity index (χ3v) is 0.521. The Hall–Kier alpha value is -1.24. The molecular formula is C8H7Cl2NO2. The van der Waals surface area contributed by atoms with E-state index in [2.05, 4.69) is 6.58 Å². The van der Waals surface area contributed by atoms with Crippen LogP contribution in [-0.2, 0) is 4.79 Å². The summed E-state index contributed by atoms with van der Waals surface area (Å²) in [5.74, 6) is -1.02. The summed E-state index contributed by atoms with van der Waals surface area (Å²) in [5, 5.41) is 15.9. The highest BCUT2D eigenvalue weighted by Crippen LogP contribution is 1.98. The number of nitriles is 1. The lowest BCUT2D eigenvalue weighted by Gasteiger charge is -1.71. The zero-order valence-corrected chi connectivity index (χ0v) is 8.09. The first-order chi connectivity index (χ1) is 6.00. The average molecular weight is 220 g/mol. The van der Waals surface area contributed by atoms with Crippen LogP contribution in [-0.4, -0.2) is 11.1 Å². The maximum absolute atomic E-state index is 9.76. The van der Waals surface area contributed by atoms with E-state index in [4.69, 9.17) is 33.6 Å². The van der Waals surface area contributed by atoms with Gasteiger partial charge in [0.05, 0.1) is 10.6 Å². The van der Waals surface area contributed by atoms with Crippen LogP contribution in [0, 0.1) is 11.3 Å². The minimum Gasteiger partial charge on any atom is -0.478 e. The van der Waals surface area contributed by atoms with Gasteiger partial charge in [0.15, 0.2) is 0 Å². The Morgan fingerprint density at radius 2 is 1.92 bits per heavy atom. The third kappa shape index (κ3) is 36.4. The molecule has 0 bridgehead atoms. The summed E-state index contributed by atoms with van der Waals surface area (Å²) in [6.07, 6.45) is 4.78. The molecule has 0 amide bonds. The van der Waals surface area contributed by atoms with Crippen molar-refractivity contribution in [2.75, 3.05) is 0 Å². The van der Waals surface area contributed by atoms with E-state index in [1.807, 2.05) is 0 Å². The van der Waals surface area contributed by atoms with Crippen molar-refractivity contribution in [3.8, 4) is 6.07 Å². The van der Waals surface area contributed by atoms with E-state index in [9.17, 15) is 4.79 Å². The molecule has 70 valence electrons. The number of allylic oxidation sites excluding steroid dienone is 3. The van der Waals surface area contributed by atoms with Crippen LogP contribution in [0.1, 0.15) is 0 Å². The van der Waals surface area contributed by atoms with Gasteiger partial charge in [0.2, 0.25) is 0 Å². The van der Waals surface area contributed by atoms with Crippen molar-refractivity contribution < 1.29 is 9.90 Å². The number of aliphatic carboxylic acids is 1. The molecule has 0 radical (unpaired) electrons. The molecule has 3 nitrogen and oxygen atoms in total. The Bertz CT molecular complexity index is 260. The molecule has 0 aromatic rings. The van der Waals surface area contributed by atoms with Gasteiger partial charge in [-0.25, -0.2) is 4.79 Å². The van der Waals surface area contributed by atoms with E-state index in [-0.39, 0.29) is 4.49 Å². The highest BCUT2D eigenvalue weighted by Gasteiger charge is 1.78. The van der Waals surface area contributed by atoms with Crippen molar-refractivity contribution in [3.63, 3.8) is 0 Å². The van der Waals surface area contributed by atoms with Crippen LogP contribution in [0.4, 0.5) is 0 Å². The van der Waals surface area contributed by atoms with E-state index in [1.54, 1.807) is 6.07 Å². The summed E-state index contributed by atoms with van der Waals surface area (Å²) in [4.78, 5) is 9.76. The van der Waals surface area contributed by atoms with Gasteiger partial charge in [0, 0.05) is 12.2 Å². The topological polar surface area (TPSA) is 61.1 Å². The minimum absolute atomic E-state index is 0.111. The molecule has 0 heterocycles. The Kier molecular flexibility index (Phi) is 11.8. The maximum atomic E-state index is 9.76. The van der Waals surface area contributed by atoms with Crippen molar-refractivity contribution in [1.29, 1.82) is 5.26 Å². The van der Waals surface area contributed by atoms with Gasteiger partial charge in [-0.05, 0) is 0 Å². The van der Waals surface area contributed by atoms with Crippen molar-refractivity contribution >= 4 is 29.2 Å². The van der Waals surface area contributed by atoms with Gasteiger partial charge in [-0.15, -0.1) is 0 Å². The summed E-state index contributed by atoms with van der Waals surface area (Å²) >= 11 is 9.69. The lowest BCUT2D eigenvalue weighted by atomic mass is 10.4. The Morgan fingerprint density at radius 3 is 2.23 bits per heavy atom. The van der Waals surface area contributed by atoms with E-state index in [1.165, 1.54) is 18.2 Å². The Morgan fingerprint density at radius 1 is 1.46 bits per heavy atom. The number of carboxylic acids is 1. The van der Waals surface area contributed by atoms with Gasteiger partial charge in [0.25, 0.3) is 0 Å². The smallest absolute Gasteiger partial charge is 0.328 e. The first-order valence-electron chi connectivity index (χ1n) is 2.96. The standard InChI is InChI=1S/C6H5NO2.C2H2Cl2/c7-5-3-1-2-4-6(8)9;1-2(3)4/h1-4H,(H,8,9);1H2. The van der Waals surface area contributed by atoms with Crippen molar-refractivity contribution in [1.82, 2.24) is 0 Å². The van der Waals surface area contributed by atoms with E-state index < -0.39 is 5.97 Å². The Balaban J connectivity index is 0. The molecular weight excluding hydrogens is 213 g/mol. The first-order valence-corrected chi connectivity index (χ1v) is 3.72.